The molecule has 0 unspecified atom stereocenters. The van der Waals surface area contributed by atoms with Gasteiger partial charge in [-0.05, 0) is 48.4 Å². The highest BCUT2D eigenvalue weighted by Crippen LogP contribution is 2.27. The number of fused-ring (bicyclic) bond motifs is 1. The van der Waals surface area contributed by atoms with Crippen molar-refractivity contribution in [3.8, 4) is 11.5 Å². The summed E-state index contributed by atoms with van der Waals surface area (Å²) in [6, 6.07) is 13.1. The molecule has 1 N–H and O–H groups in total. The summed E-state index contributed by atoms with van der Waals surface area (Å²) in [6.45, 7) is 0.495. The molecule has 6 heteroatoms. The first kappa shape index (κ1) is 17.4. The number of carbonyl (C=O) groups is 1. The Bertz CT molecular complexity index is 904. The van der Waals surface area contributed by atoms with Gasteiger partial charge in [0, 0.05) is 16.4 Å². The molecule has 0 saturated heterocycles. The molecule has 0 aliphatic heterocycles. The van der Waals surface area contributed by atoms with E-state index in [1.807, 2.05) is 36.4 Å². The van der Waals surface area contributed by atoms with E-state index in [-0.39, 0.29) is 5.91 Å². The number of hydrogen-bond donors (Lipinski definition) is 1. The Hall–Kier alpha value is -2.47. The van der Waals surface area contributed by atoms with Crippen molar-refractivity contribution in [2.75, 3.05) is 20.8 Å². The summed E-state index contributed by atoms with van der Waals surface area (Å²) < 4.78 is 17.0. The summed E-state index contributed by atoms with van der Waals surface area (Å²) in [5, 5.41) is 3.76. The van der Waals surface area contributed by atoms with Crippen molar-refractivity contribution in [3.05, 3.63) is 58.3 Å². The summed E-state index contributed by atoms with van der Waals surface area (Å²) in [6.07, 6.45) is 0.678. The molecule has 0 radical (unpaired) electrons. The van der Waals surface area contributed by atoms with Gasteiger partial charge < -0.3 is 19.2 Å². The molecule has 1 amide bonds. The van der Waals surface area contributed by atoms with Crippen LogP contribution >= 0.6 is 15.9 Å². The Morgan fingerprint density at radius 3 is 2.64 bits per heavy atom. The van der Waals surface area contributed by atoms with Gasteiger partial charge in [-0.3, -0.25) is 4.79 Å². The minimum atomic E-state index is -0.229. The number of furan rings is 1. The Kier molecular flexibility index (Phi) is 5.28. The van der Waals surface area contributed by atoms with E-state index < -0.39 is 0 Å². The normalized spacial score (nSPS) is 10.7. The van der Waals surface area contributed by atoms with Crippen LogP contribution in [0.2, 0.25) is 0 Å². The predicted octanol–water partition coefficient (Wildman–Crippen LogP) is 4.19. The van der Waals surface area contributed by atoms with Crippen LogP contribution in [0, 0.1) is 0 Å². The SMILES string of the molecule is COc1ccc(CCNC(=O)c2cc3cc(Br)ccc3o2)cc1OC. The fraction of sp³-hybridized carbons (Fsp3) is 0.211. The van der Waals surface area contributed by atoms with Gasteiger partial charge in [0.15, 0.2) is 17.3 Å². The molecule has 0 spiro atoms. The number of nitrogens with one attached hydrogen (secondary N) is 1. The van der Waals surface area contributed by atoms with Crippen LogP contribution in [-0.2, 0) is 6.42 Å². The van der Waals surface area contributed by atoms with Crippen LogP contribution in [0.15, 0.2) is 51.4 Å². The summed E-state index contributed by atoms with van der Waals surface area (Å²) in [5.41, 5.74) is 1.74. The zero-order valence-corrected chi connectivity index (χ0v) is 15.6. The van der Waals surface area contributed by atoms with E-state index in [1.165, 1.54) is 0 Å². The van der Waals surface area contributed by atoms with Gasteiger partial charge in [-0.2, -0.15) is 0 Å². The number of benzene rings is 2. The zero-order chi connectivity index (χ0) is 17.8. The number of halogens is 1. The van der Waals surface area contributed by atoms with Gasteiger partial charge in [-0.25, -0.2) is 0 Å². The number of amides is 1. The molecule has 25 heavy (non-hydrogen) atoms. The standard InChI is InChI=1S/C19H18BrNO4/c1-23-16-5-3-12(9-17(16)24-2)7-8-21-19(22)18-11-13-10-14(20)4-6-15(13)25-18/h3-6,9-11H,7-8H2,1-2H3,(H,21,22). The van der Waals surface area contributed by atoms with E-state index in [0.717, 1.165) is 15.4 Å². The van der Waals surface area contributed by atoms with E-state index >= 15 is 0 Å². The van der Waals surface area contributed by atoms with Crippen molar-refractivity contribution >= 4 is 32.8 Å². The van der Waals surface area contributed by atoms with Crippen molar-refractivity contribution < 1.29 is 18.7 Å². The maximum atomic E-state index is 12.3. The van der Waals surface area contributed by atoms with Crippen LogP contribution < -0.4 is 14.8 Å². The van der Waals surface area contributed by atoms with Gasteiger partial charge in [-0.1, -0.05) is 22.0 Å². The maximum absolute atomic E-state index is 12.3. The molecular formula is C19H18BrNO4. The third kappa shape index (κ3) is 3.96. The Morgan fingerprint density at radius 1 is 1.08 bits per heavy atom. The average molecular weight is 404 g/mol. The molecule has 0 saturated carbocycles. The second kappa shape index (κ2) is 7.61. The average Bonchev–Trinajstić information content (AvgIpc) is 3.04. The molecule has 3 rings (SSSR count). The van der Waals surface area contributed by atoms with Crippen LogP contribution in [0.4, 0.5) is 0 Å². The molecule has 1 heterocycles. The zero-order valence-electron chi connectivity index (χ0n) is 14.0. The Balaban J connectivity index is 1.62. The lowest BCUT2D eigenvalue weighted by Gasteiger charge is -2.09. The first-order chi connectivity index (χ1) is 12.1. The minimum absolute atomic E-state index is 0.229. The first-order valence-electron chi connectivity index (χ1n) is 7.79. The van der Waals surface area contributed by atoms with Crippen molar-refractivity contribution in [2.45, 2.75) is 6.42 Å². The lowest BCUT2D eigenvalue weighted by molar-refractivity contribution is 0.0928. The quantitative estimate of drug-likeness (QED) is 0.670. The van der Waals surface area contributed by atoms with Gasteiger partial charge >= 0.3 is 0 Å². The minimum Gasteiger partial charge on any atom is -0.493 e. The molecule has 0 aliphatic carbocycles. The fourth-order valence-corrected chi connectivity index (χ4v) is 2.95. The molecular weight excluding hydrogens is 386 g/mol. The molecule has 3 aromatic rings. The molecule has 1 aromatic heterocycles. The van der Waals surface area contributed by atoms with Gasteiger partial charge in [0.25, 0.3) is 5.91 Å². The smallest absolute Gasteiger partial charge is 0.287 e. The van der Waals surface area contributed by atoms with Gasteiger partial charge in [0.05, 0.1) is 14.2 Å². The van der Waals surface area contributed by atoms with Gasteiger partial charge in [0.1, 0.15) is 5.58 Å². The summed E-state index contributed by atoms with van der Waals surface area (Å²) >= 11 is 3.41. The lowest BCUT2D eigenvalue weighted by Crippen LogP contribution is -2.25. The second-order valence-corrected chi connectivity index (χ2v) is 6.40. The molecule has 0 aliphatic rings. The number of carbonyl (C=O) groups excluding carboxylic acids is 1. The number of ether oxygens (including phenoxy) is 2. The molecule has 0 bridgehead atoms. The Morgan fingerprint density at radius 2 is 1.88 bits per heavy atom. The highest BCUT2D eigenvalue weighted by Gasteiger charge is 2.12. The molecule has 130 valence electrons. The number of rotatable bonds is 6. The van der Waals surface area contributed by atoms with E-state index in [4.69, 9.17) is 13.9 Å². The largest absolute Gasteiger partial charge is 0.493 e. The first-order valence-corrected chi connectivity index (χ1v) is 8.58. The maximum Gasteiger partial charge on any atom is 0.287 e. The van der Waals surface area contributed by atoms with Crippen molar-refractivity contribution in [2.24, 2.45) is 0 Å². The summed E-state index contributed by atoms with van der Waals surface area (Å²) in [7, 11) is 3.20. The van der Waals surface area contributed by atoms with Crippen LogP contribution in [0.5, 0.6) is 11.5 Å². The topological polar surface area (TPSA) is 60.7 Å². The second-order valence-electron chi connectivity index (χ2n) is 5.49. The fourth-order valence-electron chi connectivity index (χ4n) is 2.57. The molecule has 0 fully saturated rings. The highest BCUT2D eigenvalue weighted by molar-refractivity contribution is 9.10. The van der Waals surface area contributed by atoms with Crippen molar-refractivity contribution in [1.29, 1.82) is 0 Å². The van der Waals surface area contributed by atoms with Gasteiger partial charge in [0.2, 0.25) is 0 Å². The van der Waals surface area contributed by atoms with E-state index in [1.54, 1.807) is 20.3 Å². The third-order valence-corrected chi connectivity index (χ3v) is 4.34. The number of hydrogen-bond acceptors (Lipinski definition) is 4. The van der Waals surface area contributed by atoms with Crippen LogP contribution in [-0.4, -0.2) is 26.7 Å². The lowest BCUT2D eigenvalue weighted by atomic mass is 10.1. The van der Waals surface area contributed by atoms with Crippen LogP contribution in [0.25, 0.3) is 11.0 Å². The molecule has 2 aromatic carbocycles. The van der Waals surface area contributed by atoms with E-state index in [0.29, 0.717) is 35.8 Å². The van der Waals surface area contributed by atoms with Crippen molar-refractivity contribution in [1.82, 2.24) is 5.32 Å². The molecule has 0 atom stereocenters. The number of methoxy groups -OCH3 is 2. The monoisotopic (exact) mass is 403 g/mol. The summed E-state index contributed by atoms with van der Waals surface area (Å²) in [4.78, 5) is 12.3. The Labute approximate surface area is 154 Å². The summed E-state index contributed by atoms with van der Waals surface area (Å²) in [5.74, 6) is 1.44. The van der Waals surface area contributed by atoms with Crippen molar-refractivity contribution in [3.63, 3.8) is 0 Å². The third-order valence-electron chi connectivity index (χ3n) is 3.85. The highest BCUT2D eigenvalue weighted by atomic mass is 79.9. The predicted molar refractivity (Wildman–Crippen MR) is 99.5 cm³/mol. The van der Waals surface area contributed by atoms with Crippen LogP contribution in [0.1, 0.15) is 16.1 Å². The molecule has 5 nitrogen and oxygen atoms in total. The van der Waals surface area contributed by atoms with E-state index in [9.17, 15) is 4.79 Å². The van der Waals surface area contributed by atoms with Crippen LogP contribution in [0.3, 0.4) is 0 Å². The van der Waals surface area contributed by atoms with Gasteiger partial charge in [-0.15, -0.1) is 0 Å². The van der Waals surface area contributed by atoms with E-state index in [2.05, 4.69) is 21.2 Å².